The monoisotopic (exact) mass is 508 g/mol. The first kappa shape index (κ1) is 24.0. The summed E-state index contributed by atoms with van der Waals surface area (Å²) in [7, 11) is 1.35. The molecule has 0 aliphatic carbocycles. The highest BCUT2D eigenvalue weighted by atomic mass is 16.5. The van der Waals surface area contributed by atoms with Gasteiger partial charge in [0.1, 0.15) is 0 Å². The van der Waals surface area contributed by atoms with Crippen molar-refractivity contribution in [2.45, 2.75) is 6.54 Å². The Hall–Kier alpha value is -4.40. The number of morpholine rings is 1. The summed E-state index contributed by atoms with van der Waals surface area (Å²) in [5, 5.41) is 12.9. The second-order valence-electron chi connectivity index (χ2n) is 9.36. The lowest BCUT2D eigenvalue weighted by Gasteiger charge is -2.26. The van der Waals surface area contributed by atoms with Crippen molar-refractivity contribution in [1.82, 2.24) is 14.9 Å². The van der Waals surface area contributed by atoms with E-state index in [0.717, 1.165) is 60.4 Å². The Bertz CT molecular complexity index is 1650. The van der Waals surface area contributed by atoms with Crippen LogP contribution in [-0.4, -0.2) is 65.1 Å². The number of aromatic amines is 2. The van der Waals surface area contributed by atoms with E-state index in [4.69, 9.17) is 14.5 Å². The van der Waals surface area contributed by atoms with Crippen LogP contribution in [0, 0.1) is 0 Å². The number of aliphatic imine (C=N–C) groups is 1. The van der Waals surface area contributed by atoms with Gasteiger partial charge >= 0.3 is 5.97 Å². The summed E-state index contributed by atoms with van der Waals surface area (Å²) >= 11 is 0. The number of hydrogen-bond acceptors (Lipinski definition) is 6. The average molecular weight is 509 g/mol. The van der Waals surface area contributed by atoms with Crippen LogP contribution in [0.5, 0.6) is 5.88 Å². The van der Waals surface area contributed by atoms with Crippen molar-refractivity contribution in [3.8, 4) is 5.88 Å². The molecule has 0 atom stereocenters. The van der Waals surface area contributed by atoms with Gasteiger partial charge in [-0.1, -0.05) is 36.4 Å². The van der Waals surface area contributed by atoms with E-state index in [2.05, 4.69) is 27.1 Å². The molecule has 0 unspecified atom stereocenters. The lowest BCUT2D eigenvalue weighted by molar-refractivity contribution is 0.0343. The number of nitrogens with zero attached hydrogens (tertiary/aromatic N) is 2. The number of aromatic hydroxyl groups is 1. The standard InChI is InChI=1S/C30H28N4O4/c1-37-30(36)20-7-9-23-26(15-20)33-29(35)27(23)28(19-5-3-2-4-6-19)32-22-8-10-25-24(16-22)21(17-31-25)18-34-11-13-38-14-12-34/h2-10,15-17,31,33,35H,11-14,18H2,1H3. The minimum absolute atomic E-state index is 0.0136. The Morgan fingerprint density at radius 2 is 1.82 bits per heavy atom. The van der Waals surface area contributed by atoms with Gasteiger partial charge in [0, 0.05) is 53.2 Å². The second kappa shape index (κ2) is 10.2. The van der Waals surface area contributed by atoms with Crippen molar-refractivity contribution in [1.29, 1.82) is 0 Å². The van der Waals surface area contributed by atoms with Crippen LogP contribution < -0.4 is 0 Å². The van der Waals surface area contributed by atoms with Gasteiger partial charge in [-0.05, 0) is 35.9 Å². The average Bonchev–Trinajstić information content (AvgIpc) is 3.51. The van der Waals surface area contributed by atoms with Crippen molar-refractivity contribution < 1.29 is 19.4 Å². The first-order chi connectivity index (χ1) is 18.6. The minimum atomic E-state index is -0.438. The van der Waals surface area contributed by atoms with Crippen LogP contribution in [0.1, 0.15) is 27.0 Å². The van der Waals surface area contributed by atoms with Gasteiger partial charge in [-0.15, -0.1) is 0 Å². The maximum Gasteiger partial charge on any atom is 0.337 e. The predicted molar refractivity (Wildman–Crippen MR) is 147 cm³/mol. The van der Waals surface area contributed by atoms with Gasteiger partial charge in [0.15, 0.2) is 5.88 Å². The number of nitrogens with one attached hydrogen (secondary N) is 2. The number of H-pyrrole nitrogens is 2. The Kier molecular flexibility index (Phi) is 6.41. The van der Waals surface area contributed by atoms with E-state index in [-0.39, 0.29) is 5.88 Å². The molecule has 1 saturated heterocycles. The SMILES string of the molecule is COC(=O)c1ccc2c(C(=Nc3ccc4[nH]cc(CN5CCOCC5)c4c3)c3ccccc3)c(O)[nH]c2c1. The summed E-state index contributed by atoms with van der Waals surface area (Å²) in [5.41, 5.74) is 6.14. The summed E-state index contributed by atoms with van der Waals surface area (Å²) < 4.78 is 10.4. The molecule has 0 saturated carbocycles. The molecule has 192 valence electrons. The normalized spacial score (nSPS) is 14.8. The highest BCUT2D eigenvalue weighted by molar-refractivity contribution is 6.22. The van der Waals surface area contributed by atoms with Crippen molar-refractivity contribution in [3.05, 3.63) is 95.2 Å². The van der Waals surface area contributed by atoms with E-state index >= 15 is 0 Å². The van der Waals surface area contributed by atoms with E-state index < -0.39 is 5.97 Å². The Morgan fingerprint density at radius 1 is 1.00 bits per heavy atom. The van der Waals surface area contributed by atoms with Gasteiger partial charge in [-0.25, -0.2) is 9.79 Å². The molecule has 8 nitrogen and oxygen atoms in total. The predicted octanol–water partition coefficient (Wildman–Crippen LogP) is 5.14. The summed E-state index contributed by atoms with van der Waals surface area (Å²) in [6.45, 7) is 4.19. The molecule has 1 aliphatic rings. The Balaban J connectivity index is 1.46. The fourth-order valence-corrected chi connectivity index (χ4v) is 5.02. The largest absolute Gasteiger partial charge is 0.494 e. The molecule has 0 radical (unpaired) electrons. The molecule has 0 bridgehead atoms. The molecule has 6 rings (SSSR count). The number of aromatic nitrogens is 2. The van der Waals surface area contributed by atoms with E-state index in [0.29, 0.717) is 22.4 Å². The van der Waals surface area contributed by atoms with Crippen LogP contribution in [0.2, 0.25) is 0 Å². The molecule has 3 heterocycles. The topological polar surface area (TPSA) is 103 Å². The van der Waals surface area contributed by atoms with Crippen molar-refractivity contribution >= 4 is 39.2 Å². The van der Waals surface area contributed by atoms with Gasteiger partial charge in [0.05, 0.1) is 42.8 Å². The second-order valence-corrected chi connectivity index (χ2v) is 9.36. The molecule has 38 heavy (non-hydrogen) atoms. The molecule has 0 amide bonds. The lowest BCUT2D eigenvalue weighted by atomic mass is 10.00. The number of fused-ring (bicyclic) bond motifs is 2. The van der Waals surface area contributed by atoms with Crippen LogP contribution in [0.15, 0.2) is 77.9 Å². The third kappa shape index (κ3) is 4.55. The third-order valence-corrected chi connectivity index (χ3v) is 6.97. The van der Waals surface area contributed by atoms with Crippen molar-refractivity contribution in [2.24, 2.45) is 4.99 Å². The molecular formula is C30H28N4O4. The molecular weight excluding hydrogens is 480 g/mol. The summed E-state index contributed by atoms with van der Waals surface area (Å²) in [4.78, 5) is 25.9. The van der Waals surface area contributed by atoms with Gasteiger partial charge < -0.3 is 24.5 Å². The molecule has 8 heteroatoms. The number of benzene rings is 3. The Morgan fingerprint density at radius 3 is 2.61 bits per heavy atom. The molecule has 3 aromatic carbocycles. The van der Waals surface area contributed by atoms with E-state index in [1.165, 1.54) is 12.7 Å². The van der Waals surface area contributed by atoms with E-state index in [1.54, 1.807) is 18.2 Å². The fourth-order valence-electron chi connectivity index (χ4n) is 5.02. The highest BCUT2D eigenvalue weighted by Crippen LogP contribution is 2.33. The number of carbonyl (C=O) groups is 1. The van der Waals surface area contributed by atoms with Crippen LogP contribution in [0.3, 0.4) is 0 Å². The van der Waals surface area contributed by atoms with Crippen molar-refractivity contribution in [3.63, 3.8) is 0 Å². The van der Waals surface area contributed by atoms with Crippen molar-refractivity contribution in [2.75, 3.05) is 33.4 Å². The van der Waals surface area contributed by atoms with Crippen LogP contribution >= 0.6 is 0 Å². The number of rotatable bonds is 6. The van der Waals surface area contributed by atoms with Crippen LogP contribution in [0.4, 0.5) is 5.69 Å². The fraction of sp³-hybridized carbons (Fsp3) is 0.200. The quantitative estimate of drug-likeness (QED) is 0.218. The highest BCUT2D eigenvalue weighted by Gasteiger charge is 2.20. The molecule has 2 aromatic heterocycles. The lowest BCUT2D eigenvalue weighted by Crippen LogP contribution is -2.35. The molecule has 1 aliphatic heterocycles. The summed E-state index contributed by atoms with van der Waals surface area (Å²) in [5.74, 6) is -0.451. The number of methoxy groups -OCH3 is 1. The van der Waals surface area contributed by atoms with Gasteiger partial charge in [0.25, 0.3) is 0 Å². The molecule has 3 N–H and O–H groups in total. The first-order valence-electron chi connectivity index (χ1n) is 12.6. The summed E-state index contributed by atoms with van der Waals surface area (Å²) in [6.07, 6.45) is 2.07. The van der Waals surface area contributed by atoms with Gasteiger partial charge in [-0.2, -0.15) is 0 Å². The molecule has 5 aromatic rings. The third-order valence-electron chi connectivity index (χ3n) is 6.97. The van der Waals surface area contributed by atoms with Crippen LogP contribution in [-0.2, 0) is 16.0 Å². The zero-order chi connectivity index (χ0) is 26.1. The van der Waals surface area contributed by atoms with Crippen LogP contribution in [0.25, 0.3) is 21.8 Å². The molecule has 1 fully saturated rings. The first-order valence-corrected chi connectivity index (χ1v) is 12.6. The Labute approximate surface area is 219 Å². The van der Waals surface area contributed by atoms with Gasteiger partial charge in [0.2, 0.25) is 0 Å². The zero-order valence-corrected chi connectivity index (χ0v) is 21.0. The van der Waals surface area contributed by atoms with E-state index in [9.17, 15) is 9.90 Å². The zero-order valence-electron chi connectivity index (χ0n) is 21.0. The number of esters is 1. The van der Waals surface area contributed by atoms with E-state index in [1.807, 2.05) is 42.5 Å². The maximum atomic E-state index is 12.0. The minimum Gasteiger partial charge on any atom is -0.494 e. The molecule has 0 spiro atoms. The van der Waals surface area contributed by atoms with Gasteiger partial charge in [-0.3, -0.25) is 4.90 Å². The number of carbonyl (C=O) groups excluding carboxylic acids is 1. The smallest absolute Gasteiger partial charge is 0.337 e. The number of ether oxygens (including phenoxy) is 2. The maximum absolute atomic E-state index is 12.0. The summed E-state index contributed by atoms with van der Waals surface area (Å²) in [6, 6.07) is 21.1. The number of hydrogen-bond donors (Lipinski definition) is 3.